The summed E-state index contributed by atoms with van der Waals surface area (Å²) in [5, 5.41) is 28.6. The van der Waals surface area contributed by atoms with Crippen molar-refractivity contribution < 1.29 is 55.7 Å². The molecule has 0 aromatic carbocycles. The van der Waals surface area contributed by atoms with E-state index < -0.39 is 18.3 Å². The fraction of sp³-hybridized carbons (Fsp3) is 1.00. The Labute approximate surface area is 115 Å². The summed E-state index contributed by atoms with van der Waals surface area (Å²) in [6.07, 6.45) is -1.25. The predicted molar refractivity (Wildman–Crippen MR) is 45.4 cm³/mol. The molecule has 1 radical (unpaired) electrons. The summed E-state index contributed by atoms with van der Waals surface area (Å²) in [4.78, 5) is 0. The zero-order valence-corrected chi connectivity index (χ0v) is 12.0. The Kier molecular flexibility index (Phi) is 34.6. The van der Waals surface area contributed by atoms with Crippen LogP contribution in [0.5, 0.6) is 0 Å². The van der Waals surface area contributed by atoms with Crippen LogP contribution in [0.2, 0.25) is 0 Å². The Morgan fingerprint density at radius 1 is 0.538 bits per heavy atom. The number of hydrogen-bond acceptors (Lipinski definition) is 3. The second kappa shape index (κ2) is 18.9. The topological polar surface area (TPSA) is 69.2 Å². The summed E-state index contributed by atoms with van der Waals surface area (Å²) >= 11 is 0. The van der Waals surface area contributed by atoms with Gasteiger partial charge in [-0.2, -0.15) is 0 Å². The standard InChI is InChI=1S/3C3H7O.Sm/c3*1-3(2)4;/h3*3H,1-2H3;/q3*-1;+3. The van der Waals surface area contributed by atoms with Gasteiger partial charge in [-0.1, -0.05) is 41.5 Å². The molecule has 0 rings (SSSR count). The van der Waals surface area contributed by atoms with Crippen LogP contribution in [-0.2, 0) is 0 Å². The Hall–Kier alpha value is 1.22. The van der Waals surface area contributed by atoms with Crippen LogP contribution in [0.3, 0.4) is 0 Å². The zero-order chi connectivity index (χ0) is 10.7. The van der Waals surface area contributed by atoms with Gasteiger partial charge in [0.15, 0.2) is 0 Å². The molecule has 0 amide bonds. The van der Waals surface area contributed by atoms with E-state index in [0.29, 0.717) is 0 Å². The van der Waals surface area contributed by atoms with Gasteiger partial charge >= 0.3 is 40.4 Å². The first-order chi connectivity index (χ1) is 5.20. The van der Waals surface area contributed by atoms with Gasteiger partial charge in [0.1, 0.15) is 0 Å². The molecular weight excluding hydrogens is 306 g/mol. The Balaban J connectivity index is -0.0000000450. The molecule has 0 aromatic heterocycles. The molecule has 0 bridgehead atoms. The summed E-state index contributed by atoms with van der Waals surface area (Å²) in [7, 11) is 0. The second-order valence-corrected chi connectivity index (χ2v) is 3.15. The smallest absolute Gasteiger partial charge is 0.852 e. The third-order valence-corrected chi connectivity index (χ3v) is 0. The van der Waals surface area contributed by atoms with Crippen molar-refractivity contribution in [2.75, 3.05) is 0 Å². The third kappa shape index (κ3) is 1120. The zero-order valence-electron chi connectivity index (χ0n) is 9.37. The predicted octanol–water partition coefficient (Wildman–Crippen LogP) is -0.735. The molecule has 3 nitrogen and oxygen atoms in total. The van der Waals surface area contributed by atoms with Crippen LogP contribution >= 0.6 is 0 Å². The van der Waals surface area contributed by atoms with Crippen molar-refractivity contribution in [1.29, 1.82) is 0 Å². The summed E-state index contributed by atoms with van der Waals surface area (Å²) in [5.41, 5.74) is 0. The minimum atomic E-state index is -0.417. The molecule has 0 aliphatic heterocycles. The van der Waals surface area contributed by atoms with Gasteiger partial charge in [0.2, 0.25) is 0 Å². The van der Waals surface area contributed by atoms with Crippen LogP contribution in [0, 0.1) is 40.4 Å². The van der Waals surface area contributed by atoms with Crippen LogP contribution < -0.4 is 15.3 Å². The van der Waals surface area contributed by atoms with E-state index in [2.05, 4.69) is 0 Å². The van der Waals surface area contributed by atoms with E-state index in [9.17, 15) is 15.3 Å². The van der Waals surface area contributed by atoms with Crippen molar-refractivity contribution >= 4 is 0 Å². The van der Waals surface area contributed by atoms with E-state index >= 15 is 0 Å². The monoisotopic (exact) mass is 329 g/mol. The van der Waals surface area contributed by atoms with Crippen molar-refractivity contribution in [3.63, 3.8) is 0 Å². The van der Waals surface area contributed by atoms with Gasteiger partial charge in [0, 0.05) is 0 Å². The molecular formula is C9H21O3Sm. The molecule has 0 heterocycles. The SMILES string of the molecule is CC(C)[O-].CC(C)[O-].CC(C)[O-].[Sm+3]. The second-order valence-electron chi connectivity index (χ2n) is 3.15. The van der Waals surface area contributed by atoms with Gasteiger partial charge < -0.3 is 15.3 Å². The molecule has 0 atom stereocenters. The maximum Gasteiger partial charge on any atom is 3.00 e. The van der Waals surface area contributed by atoms with Crippen LogP contribution in [0.1, 0.15) is 41.5 Å². The maximum atomic E-state index is 9.53. The molecule has 81 valence electrons. The molecule has 0 aliphatic carbocycles. The number of rotatable bonds is 0. The van der Waals surface area contributed by atoms with Crippen molar-refractivity contribution in [1.82, 2.24) is 0 Å². The van der Waals surface area contributed by atoms with Gasteiger partial charge in [0.05, 0.1) is 0 Å². The average molecular weight is 328 g/mol. The van der Waals surface area contributed by atoms with Crippen LogP contribution in [0.4, 0.5) is 0 Å². The molecule has 4 heteroatoms. The van der Waals surface area contributed by atoms with Crippen molar-refractivity contribution in [3.05, 3.63) is 0 Å². The summed E-state index contributed by atoms with van der Waals surface area (Å²) in [5.74, 6) is 0. The maximum absolute atomic E-state index is 9.53. The Morgan fingerprint density at radius 2 is 0.538 bits per heavy atom. The van der Waals surface area contributed by atoms with E-state index in [1.807, 2.05) is 0 Å². The first kappa shape index (κ1) is 23.8. The van der Waals surface area contributed by atoms with E-state index in [0.717, 1.165) is 0 Å². The largest absolute Gasteiger partial charge is 3.00 e. The van der Waals surface area contributed by atoms with Crippen LogP contribution in [0.15, 0.2) is 0 Å². The first-order valence-corrected chi connectivity index (χ1v) is 4.17. The normalized spacial score (nSPS) is 8.31. The third-order valence-electron chi connectivity index (χ3n) is 0. The molecule has 0 saturated carbocycles. The van der Waals surface area contributed by atoms with Crippen molar-refractivity contribution in [2.45, 2.75) is 59.9 Å². The summed E-state index contributed by atoms with van der Waals surface area (Å²) in [6.45, 7) is 9.67. The average Bonchev–Trinajstić information content (AvgIpc) is 1.54. The minimum Gasteiger partial charge on any atom is -0.852 e. The van der Waals surface area contributed by atoms with Crippen molar-refractivity contribution in [3.8, 4) is 0 Å². The van der Waals surface area contributed by atoms with Crippen molar-refractivity contribution in [2.24, 2.45) is 0 Å². The molecule has 13 heavy (non-hydrogen) atoms. The molecule has 0 N–H and O–H groups in total. The van der Waals surface area contributed by atoms with Gasteiger partial charge in [-0.25, -0.2) is 0 Å². The molecule has 0 aromatic rings. The summed E-state index contributed by atoms with van der Waals surface area (Å²) in [6, 6.07) is 0. The van der Waals surface area contributed by atoms with Gasteiger partial charge in [-0.15, -0.1) is 18.3 Å². The first-order valence-electron chi connectivity index (χ1n) is 4.17. The Bertz CT molecular complexity index is 43.4. The molecule has 0 fully saturated rings. The Morgan fingerprint density at radius 3 is 0.538 bits per heavy atom. The quantitative estimate of drug-likeness (QED) is 0.589. The van der Waals surface area contributed by atoms with E-state index in [4.69, 9.17) is 0 Å². The fourth-order valence-electron chi connectivity index (χ4n) is 0. The van der Waals surface area contributed by atoms with E-state index in [1.54, 1.807) is 41.5 Å². The van der Waals surface area contributed by atoms with E-state index in [1.165, 1.54) is 0 Å². The van der Waals surface area contributed by atoms with Crippen LogP contribution in [-0.4, -0.2) is 18.3 Å². The number of hydrogen-bond donors (Lipinski definition) is 0. The van der Waals surface area contributed by atoms with Gasteiger partial charge in [-0.3, -0.25) is 0 Å². The minimum absolute atomic E-state index is 0. The van der Waals surface area contributed by atoms with E-state index in [-0.39, 0.29) is 40.4 Å². The molecule has 0 unspecified atom stereocenters. The molecule has 0 aliphatic rings. The van der Waals surface area contributed by atoms with Gasteiger partial charge in [-0.05, 0) is 0 Å². The fourth-order valence-corrected chi connectivity index (χ4v) is 0. The molecule has 0 saturated heterocycles. The molecule has 0 spiro atoms. The van der Waals surface area contributed by atoms with Gasteiger partial charge in [0.25, 0.3) is 0 Å². The van der Waals surface area contributed by atoms with Crippen LogP contribution in [0.25, 0.3) is 0 Å². The summed E-state index contributed by atoms with van der Waals surface area (Å²) < 4.78 is 0.